The number of hydrogen-bond acceptors (Lipinski definition) is 2. The fraction of sp³-hybridized carbons (Fsp3) is 0.400. The summed E-state index contributed by atoms with van der Waals surface area (Å²) in [5, 5.41) is 7.98. The van der Waals surface area contributed by atoms with Crippen molar-refractivity contribution in [3.8, 4) is 0 Å². The van der Waals surface area contributed by atoms with Gasteiger partial charge < -0.3 is 16.3 Å². The molecule has 3 nitrogen and oxygen atoms in total. The molecular formula is C5H7IrO3-. The van der Waals surface area contributed by atoms with Crippen molar-refractivity contribution < 1.29 is 34.8 Å². The summed E-state index contributed by atoms with van der Waals surface area (Å²) in [7, 11) is 0. The summed E-state index contributed by atoms with van der Waals surface area (Å²) in [5.41, 5.74) is 0. The van der Waals surface area contributed by atoms with Crippen molar-refractivity contribution in [2.75, 3.05) is 0 Å². The molecule has 9 heavy (non-hydrogen) atoms. The molecule has 0 atom stereocenters. The molecule has 4 heteroatoms. The molecule has 0 bridgehead atoms. The van der Waals surface area contributed by atoms with Crippen LogP contribution in [0.4, 0.5) is 0 Å². The number of rotatable bonds is 3. The Hall–Kier alpha value is -0.341. The van der Waals surface area contributed by atoms with Crippen LogP contribution in [0.15, 0.2) is 0 Å². The van der Waals surface area contributed by atoms with Gasteiger partial charge in [-0.3, -0.25) is 4.79 Å². The van der Waals surface area contributed by atoms with E-state index in [0.717, 1.165) is 6.42 Å². The molecule has 0 heterocycles. The molecule has 0 rings (SSSR count). The number of aliphatic carboxylic acids is 1. The van der Waals surface area contributed by atoms with Crippen LogP contribution in [0.1, 0.15) is 13.3 Å². The number of carbonyl (C=O) groups excluding carboxylic acids is 1. The normalized spacial score (nSPS) is 7.22. The van der Waals surface area contributed by atoms with Gasteiger partial charge >= 0.3 is 0 Å². The third kappa shape index (κ3) is 11.3. The monoisotopic (exact) mass is 308 g/mol. The van der Waals surface area contributed by atoms with Crippen LogP contribution < -0.4 is 0 Å². The Balaban J connectivity index is 0. The van der Waals surface area contributed by atoms with Gasteiger partial charge in [-0.2, -0.15) is 0 Å². The predicted octanol–water partition coefficient (Wildman–Crippen LogP) is 0.252. The fourth-order valence-electron chi connectivity index (χ4n) is 0.231. The maximum absolute atomic E-state index is 10.0. The Labute approximate surface area is 66.8 Å². The molecule has 0 aliphatic heterocycles. The zero-order chi connectivity index (χ0) is 6.57. The summed E-state index contributed by atoms with van der Waals surface area (Å²) < 4.78 is 0. The van der Waals surface area contributed by atoms with E-state index in [1.807, 2.05) is 0 Å². The van der Waals surface area contributed by atoms with Gasteiger partial charge in [0.2, 0.25) is 0 Å². The van der Waals surface area contributed by atoms with Crippen molar-refractivity contribution in [3.05, 3.63) is 6.42 Å². The van der Waals surface area contributed by atoms with Gasteiger partial charge in [0.15, 0.2) is 0 Å². The molecule has 0 aromatic rings. The number of hydrogen-bond donors (Lipinski definition) is 1. The van der Waals surface area contributed by atoms with Crippen LogP contribution in [0.2, 0.25) is 0 Å². The Morgan fingerprint density at radius 1 is 1.56 bits per heavy atom. The third-order valence-corrected chi connectivity index (χ3v) is 0.564. The molecule has 55 valence electrons. The largest absolute Gasteiger partial charge is 0.483 e. The van der Waals surface area contributed by atoms with Crippen LogP contribution in [0.5, 0.6) is 0 Å². The molecule has 0 aromatic heterocycles. The topological polar surface area (TPSA) is 54.4 Å². The smallest absolute Gasteiger partial charge is 0.275 e. The number of carboxylic acids is 1. The minimum Gasteiger partial charge on any atom is -0.483 e. The van der Waals surface area contributed by atoms with Crippen LogP contribution in [0.3, 0.4) is 0 Å². The minimum atomic E-state index is -0.972. The van der Waals surface area contributed by atoms with Gasteiger partial charge in [0.05, 0.1) is 0 Å². The quantitative estimate of drug-likeness (QED) is 0.761. The first-order valence-corrected chi connectivity index (χ1v) is 2.18. The summed E-state index contributed by atoms with van der Waals surface area (Å²) in [5.74, 6) is -1.17. The second kappa shape index (κ2) is 5.79. The van der Waals surface area contributed by atoms with Crippen LogP contribution in [-0.2, 0) is 29.7 Å². The number of Topliss-reactive ketones (excluding diaryl/α,β-unsaturated/α-hetero) is 1. The van der Waals surface area contributed by atoms with Crippen molar-refractivity contribution in [2.45, 2.75) is 13.3 Å². The molecule has 0 amide bonds. The van der Waals surface area contributed by atoms with E-state index in [-0.39, 0.29) is 32.3 Å². The van der Waals surface area contributed by atoms with Crippen LogP contribution in [0, 0.1) is 6.42 Å². The first kappa shape index (κ1) is 11.5. The van der Waals surface area contributed by atoms with Crippen molar-refractivity contribution in [2.24, 2.45) is 0 Å². The first-order chi connectivity index (χ1) is 3.63. The summed E-state index contributed by atoms with van der Waals surface area (Å²) >= 11 is 0. The maximum Gasteiger partial charge on any atom is 0.275 e. The molecule has 0 saturated heterocycles. The Bertz CT molecular complexity index is 96.8. The van der Waals surface area contributed by atoms with Crippen LogP contribution >= 0.6 is 0 Å². The van der Waals surface area contributed by atoms with E-state index < -0.39 is 5.97 Å². The second-order valence-corrected chi connectivity index (χ2v) is 1.41. The van der Waals surface area contributed by atoms with E-state index in [1.54, 1.807) is 0 Å². The van der Waals surface area contributed by atoms with E-state index >= 15 is 0 Å². The fourth-order valence-corrected chi connectivity index (χ4v) is 0.231. The molecule has 0 spiro atoms. The van der Waals surface area contributed by atoms with E-state index in [0.29, 0.717) is 0 Å². The molecule has 0 aliphatic rings. The molecule has 0 aliphatic carbocycles. The Morgan fingerprint density at radius 3 is 2.11 bits per heavy atom. The summed E-state index contributed by atoms with van der Waals surface area (Å²) in [6.45, 7) is 1.32. The van der Waals surface area contributed by atoms with E-state index in [2.05, 4.69) is 0 Å². The van der Waals surface area contributed by atoms with Crippen molar-refractivity contribution in [1.29, 1.82) is 0 Å². The predicted molar refractivity (Wildman–Crippen MR) is 27.2 cm³/mol. The van der Waals surface area contributed by atoms with Gasteiger partial charge in [-0.25, -0.2) is 0 Å². The van der Waals surface area contributed by atoms with E-state index in [4.69, 9.17) is 5.11 Å². The standard InChI is InChI=1S/C5H7O3.Ir/c1-4(6)2-3-5(7)8;/h2H,3H2,1H3,(H,7,8);/q-1;. The number of carboxylic acid groups (broad SMARTS) is 1. The van der Waals surface area contributed by atoms with E-state index in [1.165, 1.54) is 6.92 Å². The van der Waals surface area contributed by atoms with Crippen molar-refractivity contribution >= 4 is 11.8 Å². The zero-order valence-electron chi connectivity index (χ0n) is 4.88. The van der Waals surface area contributed by atoms with Gasteiger partial charge in [-0.1, -0.05) is 6.42 Å². The molecule has 1 N–H and O–H groups in total. The Kier molecular flexibility index (Phi) is 7.37. The molecular weight excluding hydrogens is 300 g/mol. The molecule has 0 fully saturated rings. The first-order valence-electron chi connectivity index (χ1n) is 2.18. The van der Waals surface area contributed by atoms with Crippen molar-refractivity contribution in [3.63, 3.8) is 0 Å². The SMILES string of the molecule is CC(=O)[CH-]CC(=O)O.[Ir]. The molecule has 0 unspecified atom stereocenters. The molecule has 1 radical (unpaired) electrons. The second-order valence-electron chi connectivity index (χ2n) is 1.41. The van der Waals surface area contributed by atoms with E-state index in [9.17, 15) is 9.59 Å². The molecule has 0 saturated carbocycles. The zero-order valence-corrected chi connectivity index (χ0v) is 7.28. The van der Waals surface area contributed by atoms with Gasteiger partial charge in [0, 0.05) is 20.1 Å². The van der Waals surface area contributed by atoms with Crippen LogP contribution in [0.25, 0.3) is 0 Å². The summed E-state index contributed by atoms with van der Waals surface area (Å²) in [6.07, 6.45) is 0.956. The summed E-state index contributed by atoms with van der Waals surface area (Å²) in [6, 6.07) is 0. The van der Waals surface area contributed by atoms with Crippen molar-refractivity contribution in [1.82, 2.24) is 0 Å². The Morgan fingerprint density at radius 2 is 2.00 bits per heavy atom. The number of carbonyl (C=O) groups is 2. The average molecular weight is 307 g/mol. The van der Waals surface area contributed by atoms with Gasteiger partial charge in [-0.15, -0.1) is 0 Å². The van der Waals surface area contributed by atoms with Crippen LogP contribution in [-0.4, -0.2) is 16.9 Å². The third-order valence-electron chi connectivity index (χ3n) is 0.564. The summed E-state index contributed by atoms with van der Waals surface area (Å²) in [4.78, 5) is 19.7. The van der Waals surface area contributed by atoms with Gasteiger partial charge in [0.1, 0.15) is 0 Å². The number of ketones is 1. The van der Waals surface area contributed by atoms with Gasteiger partial charge in [-0.05, 0) is 12.7 Å². The van der Waals surface area contributed by atoms with Gasteiger partial charge in [0.25, 0.3) is 5.97 Å². The average Bonchev–Trinajstić information content (AvgIpc) is 1.61. The molecule has 0 aromatic carbocycles. The minimum absolute atomic E-state index is 0. The maximum atomic E-state index is 10.0.